The molecule has 4 aromatic rings. The number of nitrogens with zero attached hydrogens (tertiary/aromatic N) is 3. The summed E-state index contributed by atoms with van der Waals surface area (Å²) in [5.74, 6) is 0.713. The quantitative estimate of drug-likeness (QED) is 0.629. The van der Waals surface area contributed by atoms with Crippen molar-refractivity contribution in [1.29, 1.82) is 0 Å². The van der Waals surface area contributed by atoms with Gasteiger partial charge in [-0.15, -0.1) is 0 Å². The van der Waals surface area contributed by atoms with Crippen LogP contribution in [0.4, 0.5) is 0 Å². The number of hydrogen-bond donors (Lipinski definition) is 1. The largest absolute Gasteiger partial charge is 0.361 e. The Morgan fingerprint density at radius 2 is 1.92 bits per heavy atom. The molecule has 3 aromatic heterocycles. The first-order chi connectivity index (χ1) is 11.6. The lowest BCUT2D eigenvalue weighted by Gasteiger charge is -2.04. The third-order valence-corrected chi connectivity index (χ3v) is 4.11. The molecule has 4 rings (SSSR count). The number of fused-ring (bicyclic) bond motifs is 1. The van der Waals surface area contributed by atoms with Gasteiger partial charge in [0.2, 0.25) is 0 Å². The maximum atomic E-state index is 12.3. The van der Waals surface area contributed by atoms with Gasteiger partial charge < -0.3 is 4.52 Å². The number of imidazole rings is 1. The summed E-state index contributed by atoms with van der Waals surface area (Å²) in [5.41, 5.74) is 4.63. The molecule has 0 atom stereocenters. The predicted molar refractivity (Wildman–Crippen MR) is 90.9 cm³/mol. The molecule has 1 N–H and O–H groups in total. The van der Waals surface area contributed by atoms with Crippen LogP contribution in [0.15, 0.2) is 51.8 Å². The van der Waals surface area contributed by atoms with Crippen LogP contribution in [0, 0.1) is 13.8 Å². The van der Waals surface area contributed by atoms with Crippen LogP contribution < -0.4 is 5.69 Å². The zero-order chi connectivity index (χ0) is 16.7. The van der Waals surface area contributed by atoms with E-state index in [1.807, 2.05) is 56.3 Å². The Balaban J connectivity index is 1.82. The van der Waals surface area contributed by atoms with E-state index in [1.165, 1.54) is 0 Å². The lowest BCUT2D eigenvalue weighted by atomic mass is 10.1. The van der Waals surface area contributed by atoms with Crippen LogP contribution in [0.2, 0.25) is 0 Å². The first kappa shape index (κ1) is 14.4. The second-order valence-corrected chi connectivity index (χ2v) is 5.77. The molecule has 24 heavy (non-hydrogen) atoms. The van der Waals surface area contributed by atoms with Crippen molar-refractivity contribution in [2.45, 2.75) is 20.4 Å². The summed E-state index contributed by atoms with van der Waals surface area (Å²) >= 11 is 0. The van der Waals surface area contributed by atoms with Gasteiger partial charge in [-0.1, -0.05) is 35.5 Å². The normalized spacial score (nSPS) is 11.2. The van der Waals surface area contributed by atoms with Gasteiger partial charge in [0.05, 0.1) is 29.0 Å². The van der Waals surface area contributed by atoms with E-state index in [9.17, 15) is 4.79 Å². The second-order valence-electron chi connectivity index (χ2n) is 5.77. The van der Waals surface area contributed by atoms with Crippen LogP contribution in [-0.2, 0) is 6.54 Å². The monoisotopic (exact) mass is 320 g/mol. The first-order valence-electron chi connectivity index (χ1n) is 7.70. The highest BCUT2D eigenvalue weighted by atomic mass is 16.5. The molecule has 0 bridgehead atoms. The molecular weight excluding hydrogens is 304 g/mol. The molecule has 0 saturated carbocycles. The summed E-state index contributed by atoms with van der Waals surface area (Å²) < 4.78 is 6.89. The molecule has 6 nitrogen and oxygen atoms in total. The Kier molecular flexibility index (Phi) is 3.30. The third-order valence-electron chi connectivity index (χ3n) is 4.11. The van der Waals surface area contributed by atoms with Gasteiger partial charge >= 0.3 is 5.69 Å². The van der Waals surface area contributed by atoms with Crippen LogP contribution in [-0.4, -0.2) is 19.7 Å². The van der Waals surface area contributed by atoms with Gasteiger partial charge in [0.1, 0.15) is 5.76 Å². The number of rotatable bonds is 3. The highest BCUT2D eigenvalue weighted by Gasteiger charge is 2.15. The molecule has 0 radical (unpaired) electrons. The van der Waals surface area contributed by atoms with Gasteiger partial charge in [0.25, 0.3) is 0 Å². The minimum atomic E-state index is -0.169. The van der Waals surface area contributed by atoms with Crippen LogP contribution in [0.1, 0.15) is 17.0 Å². The maximum absolute atomic E-state index is 12.3. The lowest BCUT2D eigenvalue weighted by molar-refractivity contribution is 0.393. The van der Waals surface area contributed by atoms with E-state index in [-0.39, 0.29) is 5.69 Å². The highest BCUT2D eigenvalue weighted by molar-refractivity contribution is 5.76. The predicted octanol–water partition coefficient (Wildman–Crippen LogP) is 3.04. The fraction of sp³-hybridized carbons (Fsp3) is 0.167. The van der Waals surface area contributed by atoms with Crippen molar-refractivity contribution < 1.29 is 4.52 Å². The van der Waals surface area contributed by atoms with Crippen LogP contribution in [0.3, 0.4) is 0 Å². The number of aryl methyl sites for hydroxylation is 2. The molecule has 120 valence electrons. The number of nitrogens with one attached hydrogen (secondary N) is 1. The van der Waals surface area contributed by atoms with Crippen molar-refractivity contribution >= 4 is 11.2 Å². The van der Waals surface area contributed by atoms with Gasteiger partial charge in [-0.25, -0.2) is 9.78 Å². The lowest BCUT2D eigenvalue weighted by Crippen LogP contribution is -2.17. The Hall–Kier alpha value is -3.15. The summed E-state index contributed by atoms with van der Waals surface area (Å²) in [7, 11) is 0. The molecule has 0 aliphatic heterocycles. The zero-order valence-corrected chi connectivity index (χ0v) is 13.4. The first-order valence-corrected chi connectivity index (χ1v) is 7.70. The maximum Gasteiger partial charge on any atom is 0.327 e. The van der Waals surface area contributed by atoms with Crippen molar-refractivity contribution in [2.24, 2.45) is 0 Å². The van der Waals surface area contributed by atoms with Crippen LogP contribution >= 0.6 is 0 Å². The average molecular weight is 320 g/mol. The molecule has 6 heteroatoms. The van der Waals surface area contributed by atoms with Gasteiger partial charge in [0.15, 0.2) is 5.65 Å². The van der Waals surface area contributed by atoms with Gasteiger partial charge in [-0.05, 0) is 31.5 Å². The molecule has 0 fully saturated rings. The molecule has 1 aromatic carbocycles. The Labute approximate surface area is 137 Å². The second kappa shape index (κ2) is 5.49. The van der Waals surface area contributed by atoms with E-state index >= 15 is 0 Å². The van der Waals surface area contributed by atoms with Crippen molar-refractivity contribution in [1.82, 2.24) is 19.7 Å². The fourth-order valence-corrected chi connectivity index (χ4v) is 2.95. The van der Waals surface area contributed by atoms with Gasteiger partial charge in [0, 0.05) is 0 Å². The molecule has 3 heterocycles. The van der Waals surface area contributed by atoms with E-state index in [0.29, 0.717) is 18.0 Å². The molecule has 0 aliphatic rings. The average Bonchev–Trinajstić information content (AvgIpc) is 3.07. The van der Waals surface area contributed by atoms with Gasteiger partial charge in [-0.3, -0.25) is 9.55 Å². The molecule has 0 unspecified atom stereocenters. The van der Waals surface area contributed by atoms with E-state index in [1.54, 1.807) is 4.57 Å². The molecule has 0 amide bonds. The summed E-state index contributed by atoms with van der Waals surface area (Å²) in [6, 6.07) is 13.7. The van der Waals surface area contributed by atoms with E-state index in [2.05, 4.69) is 15.1 Å². The zero-order valence-electron chi connectivity index (χ0n) is 13.4. The Morgan fingerprint density at radius 3 is 2.62 bits per heavy atom. The topological polar surface area (TPSA) is 76.7 Å². The summed E-state index contributed by atoms with van der Waals surface area (Å²) in [6.45, 7) is 4.23. The number of hydrogen-bond acceptors (Lipinski definition) is 4. The number of aromatic nitrogens is 4. The van der Waals surface area contributed by atoms with Crippen molar-refractivity contribution in [2.75, 3.05) is 0 Å². The van der Waals surface area contributed by atoms with Crippen molar-refractivity contribution in [3.63, 3.8) is 0 Å². The Bertz CT molecular complexity index is 1050. The van der Waals surface area contributed by atoms with Crippen molar-refractivity contribution in [3.8, 4) is 11.3 Å². The van der Waals surface area contributed by atoms with E-state index in [0.717, 1.165) is 28.0 Å². The SMILES string of the molecule is Cc1noc(C)c1-c1ccc2c(n1)[nH]c(=O)n2Cc1ccccc1. The number of H-pyrrole nitrogens is 1. The van der Waals surface area contributed by atoms with Crippen molar-refractivity contribution in [3.05, 3.63) is 70.0 Å². The molecule has 0 aliphatic carbocycles. The minimum Gasteiger partial charge on any atom is -0.361 e. The van der Waals surface area contributed by atoms with Crippen LogP contribution in [0.5, 0.6) is 0 Å². The van der Waals surface area contributed by atoms with Gasteiger partial charge in [-0.2, -0.15) is 0 Å². The fourth-order valence-electron chi connectivity index (χ4n) is 2.95. The minimum absolute atomic E-state index is 0.169. The number of aromatic amines is 1. The third kappa shape index (κ3) is 2.32. The summed E-state index contributed by atoms with van der Waals surface area (Å²) in [4.78, 5) is 19.7. The smallest absolute Gasteiger partial charge is 0.327 e. The van der Waals surface area contributed by atoms with E-state index in [4.69, 9.17) is 4.52 Å². The van der Waals surface area contributed by atoms with E-state index < -0.39 is 0 Å². The molecule has 0 spiro atoms. The standard InChI is InChI=1S/C18H16N4O2/c1-11-16(12(2)24-21-11)14-8-9-15-17(19-14)20-18(23)22(15)10-13-6-4-3-5-7-13/h3-9H,10H2,1-2H3,(H,19,20,23). The molecule has 0 saturated heterocycles. The highest BCUT2D eigenvalue weighted by Crippen LogP contribution is 2.26. The number of benzene rings is 1. The number of pyridine rings is 1. The summed E-state index contributed by atoms with van der Waals surface area (Å²) in [5, 5.41) is 3.96. The molecular formula is C18H16N4O2. The Morgan fingerprint density at radius 1 is 1.12 bits per heavy atom. The summed E-state index contributed by atoms with van der Waals surface area (Å²) in [6.07, 6.45) is 0. The van der Waals surface area contributed by atoms with Crippen LogP contribution in [0.25, 0.3) is 22.4 Å².